The SMILES string of the molecule is CN1CCN(S(=O)(=O)c2ccc3nc(NC(=O)/C=C/c4cccc(Cl)c4)sc3c2)CC1. The summed E-state index contributed by atoms with van der Waals surface area (Å²) in [5.74, 6) is -0.329. The van der Waals surface area contributed by atoms with Crippen LogP contribution in [-0.2, 0) is 14.8 Å². The van der Waals surface area contributed by atoms with Crippen LogP contribution >= 0.6 is 22.9 Å². The van der Waals surface area contributed by atoms with Crippen molar-refractivity contribution in [3.05, 3.63) is 59.1 Å². The number of piperazine rings is 1. The molecule has 0 saturated carbocycles. The zero-order valence-electron chi connectivity index (χ0n) is 16.8. The highest BCUT2D eigenvalue weighted by Gasteiger charge is 2.27. The minimum atomic E-state index is -3.56. The second-order valence-electron chi connectivity index (χ2n) is 7.23. The first-order valence-electron chi connectivity index (χ1n) is 9.65. The van der Waals surface area contributed by atoms with Crippen LogP contribution in [0, 0.1) is 0 Å². The zero-order chi connectivity index (χ0) is 22.0. The van der Waals surface area contributed by atoms with Crippen molar-refractivity contribution in [1.29, 1.82) is 0 Å². The molecule has 10 heteroatoms. The predicted molar refractivity (Wildman–Crippen MR) is 125 cm³/mol. The Morgan fingerprint density at radius 1 is 1.16 bits per heavy atom. The van der Waals surface area contributed by atoms with Gasteiger partial charge in [-0.15, -0.1) is 0 Å². The van der Waals surface area contributed by atoms with Crippen molar-refractivity contribution in [1.82, 2.24) is 14.2 Å². The minimum absolute atomic E-state index is 0.243. The summed E-state index contributed by atoms with van der Waals surface area (Å²) in [4.78, 5) is 19.0. The van der Waals surface area contributed by atoms with Crippen LogP contribution < -0.4 is 5.32 Å². The molecule has 1 saturated heterocycles. The molecule has 0 unspecified atom stereocenters. The van der Waals surface area contributed by atoms with Crippen molar-refractivity contribution >= 4 is 60.3 Å². The number of likely N-dealkylation sites (N-methyl/N-ethyl adjacent to an activating group) is 1. The molecule has 2 aromatic carbocycles. The molecule has 1 aliphatic heterocycles. The average molecular weight is 477 g/mol. The van der Waals surface area contributed by atoms with E-state index in [4.69, 9.17) is 11.6 Å². The topological polar surface area (TPSA) is 82.6 Å². The van der Waals surface area contributed by atoms with Crippen molar-refractivity contribution in [2.24, 2.45) is 0 Å². The van der Waals surface area contributed by atoms with Gasteiger partial charge in [0.05, 0.1) is 15.1 Å². The number of anilines is 1. The van der Waals surface area contributed by atoms with Gasteiger partial charge in [-0.05, 0) is 49.0 Å². The third kappa shape index (κ3) is 5.13. The molecule has 31 heavy (non-hydrogen) atoms. The average Bonchev–Trinajstić information content (AvgIpc) is 3.14. The summed E-state index contributed by atoms with van der Waals surface area (Å²) in [5.41, 5.74) is 1.45. The summed E-state index contributed by atoms with van der Waals surface area (Å²) >= 11 is 7.18. The van der Waals surface area contributed by atoms with Crippen LogP contribution in [0.3, 0.4) is 0 Å². The molecule has 1 N–H and O–H groups in total. The number of rotatable bonds is 5. The monoisotopic (exact) mass is 476 g/mol. The fourth-order valence-corrected chi connectivity index (χ4v) is 5.86. The number of hydrogen-bond acceptors (Lipinski definition) is 6. The van der Waals surface area contributed by atoms with Gasteiger partial charge in [0.2, 0.25) is 15.9 Å². The van der Waals surface area contributed by atoms with Gasteiger partial charge in [-0.2, -0.15) is 4.31 Å². The summed E-state index contributed by atoms with van der Waals surface area (Å²) in [6, 6.07) is 12.0. The zero-order valence-corrected chi connectivity index (χ0v) is 19.2. The van der Waals surface area contributed by atoms with Crippen molar-refractivity contribution in [3.8, 4) is 0 Å². The van der Waals surface area contributed by atoms with Gasteiger partial charge < -0.3 is 4.90 Å². The van der Waals surface area contributed by atoms with Crippen molar-refractivity contribution in [2.75, 3.05) is 38.5 Å². The van der Waals surface area contributed by atoms with E-state index in [9.17, 15) is 13.2 Å². The molecule has 0 aliphatic carbocycles. The number of sulfonamides is 1. The van der Waals surface area contributed by atoms with Gasteiger partial charge in [0.15, 0.2) is 5.13 Å². The number of halogens is 1. The summed E-state index contributed by atoms with van der Waals surface area (Å²) < 4.78 is 28.1. The van der Waals surface area contributed by atoms with Gasteiger partial charge in [-0.1, -0.05) is 35.1 Å². The first-order valence-corrected chi connectivity index (χ1v) is 12.3. The number of benzene rings is 2. The largest absolute Gasteiger partial charge is 0.304 e. The quantitative estimate of drug-likeness (QED) is 0.569. The van der Waals surface area contributed by atoms with Gasteiger partial charge in [0.1, 0.15) is 0 Å². The predicted octanol–water partition coefficient (Wildman–Crippen LogP) is 3.54. The van der Waals surface area contributed by atoms with E-state index < -0.39 is 10.0 Å². The van der Waals surface area contributed by atoms with Gasteiger partial charge >= 0.3 is 0 Å². The van der Waals surface area contributed by atoms with Crippen LogP contribution in [0.4, 0.5) is 5.13 Å². The molecule has 1 aliphatic rings. The Morgan fingerprint density at radius 2 is 1.94 bits per heavy atom. The summed E-state index contributed by atoms with van der Waals surface area (Å²) in [7, 11) is -1.58. The minimum Gasteiger partial charge on any atom is -0.304 e. The highest BCUT2D eigenvalue weighted by atomic mass is 35.5. The van der Waals surface area contributed by atoms with E-state index in [1.165, 1.54) is 21.7 Å². The standard InChI is InChI=1S/C21H21ClN4O3S2/c1-25-9-11-26(12-10-25)31(28,29)17-6-7-18-19(14-17)30-21(23-18)24-20(27)8-5-15-3-2-4-16(22)13-15/h2-8,13-14H,9-12H2,1H3,(H,23,24,27)/b8-5+. The van der Waals surface area contributed by atoms with Gasteiger partial charge in [-0.3, -0.25) is 10.1 Å². The molecular weight excluding hydrogens is 456 g/mol. The Bertz CT molecular complexity index is 1250. The second-order valence-corrected chi connectivity index (χ2v) is 10.6. The molecule has 4 rings (SSSR count). The molecule has 162 valence electrons. The number of nitrogens with one attached hydrogen (secondary N) is 1. The highest BCUT2D eigenvalue weighted by Crippen LogP contribution is 2.29. The van der Waals surface area contributed by atoms with Crippen LogP contribution in [0.1, 0.15) is 5.56 Å². The molecule has 2 heterocycles. The highest BCUT2D eigenvalue weighted by molar-refractivity contribution is 7.89. The van der Waals surface area contributed by atoms with Crippen LogP contribution in [0.25, 0.3) is 16.3 Å². The van der Waals surface area contributed by atoms with Gasteiger partial charge in [-0.25, -0.2) is 13.4 Å². The Kier molecular flexibility index (Phi) is 6.40. The number of nitrogens with zero attached hydrogens (tertiary/aromatic N) is 3. The first kappa shape index (κ1) is 21.9. The maximum atomic E-state index is 13.0. The lowest BCUT2D eigenvalue weighted by molar-refractivity contribution is -0.111. The Labute approximate surface area is 190 Å². The van der Waals surface area contributed by atoms with Crippen LogP contribution in [0.2, 0.25) is 5.02 Å². The number of amides is 1. The van der Waals surface area contributed by atoms with Crippen molar-refractivity contribution in [3.63, 3.8) is 0 Å². The van der Waals surface area contributed by atoms with Gasteiger partial charge in [0.25, 0.3) is 0 Å². The maximum absolute atomic E-state index is 13.0. The number of aromatic nitrogens is 1. The lowest BCUT2D eigenvalue weighted by atomic mass is 10.2. The number of hydrogen-bond donors (Lipinski definition) is 1. The molecule has 0 bridgehead atoms. The molecule has 7 nitrogen and oxygen atoms in total. The molecule has 0 atom stereocenters. The van der Waals surface area contributed by atoms with Crippen LogP contribution in [-0.4, -0.2) is 61.7 Å². The fourth-order valence-electron chi connectivity index (χ4n) is 3.23. The fraction of sp³-hybridized carbons (Fsp3) is 0.238. The molecular formula is C21H21ClN4O3S2. The van der Waals surface area contributed by atoms with E-state index in [0.717, 1.165) is 5.56 Å². The summed E-state index contributed by atoms with van der Waals surface area (Å²) in [5, 5.41) is 3.73. The third-order valence-corrected chi connectivity index (χ3v) is 8.03. The lowest BCUT2D eigenvalue weighted by Gasteiger charge is -2.31. The molecule has 1 aromatic heterocycles. The molecule has 0 spiro atoms. The van der Waals surface area contributed by atoms with Crippen LogP contribution in [0.5, 0.6) is 0 Å². The summed E-state index contributed by atoms with van der Waals surface area (Å²) in [6.45, 7) is 2.36. The molecule has 3 aromatic rings. The van der Waals surface area contributed by atoms with Crippen molar-refractivity contribution < 1.29 is 13.2 Å². The number of thiazole rings is 1. The third-order valence-electron chi connectivity index (χ3n) is 4.97. The molecule has 1 fully saturated rings. The maximum Gasteiger partial charge on any atom is 0.250 e. The van der Waals surface area contributed by atoms with E-state index >= 15 is 0 Å². The summed E-state index contributed by atoms with van der Waals surface area (Å²) in [6.07, 6.45) is 3.07. The van der Waals surface area contributed by atoms with E-state index in [1.54, 1.807) is 42.5 Å². The van der Waals surface area contributed by atoms with E-state index in [0.29, 0.717) is 46.5 Å². The number of carbonyl (C=O) groups is 1. The smallest absolute Gasteiger partial charge is 0.250 e. The van der Waals surface area contributed by atoms with E-state index in [-0.39, 0.29) is 10.8 Å². The Balaban J connectivity index is 1.49. The van der Waals surface area contributed by atoms with E-state index in [2.05, 4.69) is 15.2 Å². The molecule has 0 radical (unpaired) electrons. The number of carbonyl (C=O) groups excluding carboxylic acids is 1. The lowest BCUT2D eigenvalue weighted by Crippen LogP contribution is -2.46. The van der Waals surface area contributed by atoms with Crippen LogP contribution in [0.15, 0.2) is 53.4 Å². The number of fused-ring (bicyclic) bond motifs is 1. The first-order chi connectivity index (χ1) is 14.8. The van der Waals surface area contributed by atoms with Crippen molar-refractivity contribution in [2.45, 2.75) is 4.90 Å². The van der Waals surface area contributed by atoms with Gasteiger partial charge in [0, 0.05) is 37.3 Å². The Hall–Kier alpha value is -2.30. The molecule has 1 amide bonds. The Morgan fingerprint density at radius 3 is 2.68 bits per heavy atom. The van der Waals surface area contributed by atoms with E-state index in [1.807, 2.05) is 13.1 Å². The second kappa shape index (κ2) is 9.05. The normalized spacial score (nSPS) is 16.2.